The van der Waals surface area contributed by atoms with Crippen molar-refractivity contribution in [2.45, 2.75) is 17.2 Å². The van der Waals surface area contributed by atoms with E-state index in [0.29, 0.717) is 60.4 Å². The first-order chi connectivity index (χ1) is 19.2. The molecule has 2 aromatic carbocycles. The van der Waals surface area contributed by atoms with Crippen LogP contribution in [0.2, 0.25) is 0 Å². The van der Waals surface area contributed by atoms with Crippen molar-refractivity contribution in [3.05, 3.63) is 41.7 Å². The molecule has 0 bridgehead atoms. The van der Waals surface area contributed by atoms with Crippen LogP contribution in [0.3, 0.4) is 0 Å². The molecule has 2 aliphatic heterocycles. The van der Waals surface area contributed by atoms with E-state index in [1.54, 1.807) is 29.2 Å². The first-order valence-electron chi connectivity index (χ1n) is 12.5. The van der Waals surface area contributed by atoms with E-state index in [1.807, 2.05) is 4.90 Å². The largest absolute Gasteiger partial charge is 0.493 e. The van der Waals surface area contributed by atoms with Crippen LogP contribution in [0.1, 0.15) is 10.4 Å². The molecule has 2 aromatic rings. The van der Waals surface area contributed by atoms with Gasteiger partial charge in [0.1, 0.15) is 23.0 Å². The van der Waals surface area contributed by atoms with Gasteiger partial charge < -0.3 is 33.9 Å². The smallest absolute Gasteiger partial charge is 0.414 e. The van der Waals surface area contributed by atoms with E-state index >= 15 is 4.39 Å². The number of alkyl halides is 2. The van der Waals surface area contributed by atoms with Gasteiger partial charge in [-0.05, 0) is 30.3 Å². The molecule has 2 heterocycles. The summed E-state index contributed by atoms with van der Waals surface area (Å²) in [6, 6.07) is 7.74. The lowest BCUT2D eigenvalue weighted by Crippen LogP contribution is -2.49. The second-order valence-corrected chi connectivity index (χ2v) is 10.3. The highest BCUT2D eigenvalue weighted by molar-refractivity contribution is 6.44. The number of anilines is 2. The van der Waals surface area contributed by atoms with Gasteiger partial charge in [-0.25, -0.2) is 9.18 Å². The Morgan fingerprint density at radius 3 is 2.30 bits per heavy atom. The summed E-state index contributed by atoms with van der Waals surface area (Å²) in [4.78, 5) is 29.4. The number of piperazine rings is 1. The number of carbonyl (C=O) groups excluding carboxylic acids is 2. The summed E-state index contributed by atoms with van der Waals surface area (Å²) in [5.74, 6) is 0.457. The summed E-state index contributed by atoms with van der Waals surface area (Å²) in [7, 11) is 4.46. The number of nitrogens with one attached hydrogen (secondary N) is 1. The minimum Gasteiger partial charge on any atom is -0.493 e. The molecule has 0 spiro atoms. The number of nitrogens with zero attached hydrogens (tertiary/aromatic N) is 3. The van der Waals surface area contributed by atoms with E-state index < -0.39 is 29.1 Å². The van der Waals surface area contributed by atoms with E-state index in [2.05, 4.69) is 5.32 Å². The molecule has 14 heteroatoms. The number of hydrogen-bond acceptors (Lipinski definition) is 9. The molecule has 0 saturated carbocycles. The first kappa shape index (κ1) is 29.8. The van der Waals surface area contributed by atoms with E-state index in [1.165, 1.54) is 32.3 Å². The van der Waals surface area contributed by atoms with Gasteiger partial charge in [-0.1, -0.05) is 0 Å². The average Bonchev–Trinajstić information content (AvgIpc) is 3.34. The molecule has 2 N–H and O–H groups in total. The standard InChI is InChI=1S/C26H31Cl2FN4O7/c1-37-20-10-15(11-21(38-2)22(20)39-3)25(35)32-8-6-31(7-9-32)19-5-4-16(12-18(19)29)33-14-17(40-26(33)36)13-30-24(34)23(27)28/h4-5,10-12,17,23-24,30,34H,6-9,13-14H2,1-3H3/t17-,24?/m0/s1. The van der Waals surface area contributed by atoms with Crippen LogP contribution in [-0.2, 0) is 4.74 Å². The summed E-state index contributed by atoms with van der Waals surface area (Å²) >= 11 is 11.2. The van der Waals surface area contributed by atoms with Crippen molar-refractivity contribution >= 4 is 46.6 Å². The highest BCUT2D eigenvalue weighted by Crippen LogP contribution is 2.38. The van der Waals surface area contributed by atoms with Crippen molar-refractivity contribution < 1.29 is 38.0 Å². The number of ether oxygens (including phenoxy) is 4. The third-order valence-corrected chi connectivity index (χ3v) is 7.21. The van der Waals surface area contributed by atoms with Crippen molar-refractivity contribution in [3.63, 3.8) is 0 Å². The second-order valence-electron chi connectivity index (χ2n) is 9.13. The fourth-order valence-electron chi connectivity index (χ4n) is 4.64. The number of halogens is 3. The monoisotopic (exact) mass is 600 g/mol. The molecule has 2 saturated heterocycles. The van der Waals surface area contributed by atoms with Crippen molar-refractivity contribution in [2.75, 3.05) is 70.4 Å². The topological polar surface area (TPSA) is 113 Å². The van der Waals surface area contributed by atoms with Crippen molar-refractivity contribution in [2.24, 2.45) is 0 Å². The number of aliphatic hydroxyl groups excluding tert-OH is 1. The Bertz CT molecular complexity index is 1200. The minimum atomic E-state index is -1.18. The molecule has 2 atom stereocenters. The molecule has 218 valence electrons. The third-order valence-electron chi connectivity index (χ3n) is 6.73. The van der Waals surface area contributed by atoms with Crippen LogP contribution in [0.5, 0.6) is 17.2 Å². The van der Waals surface area contributed by atoms with E-state index in [0.717, 1.165) is 0 Å². The second kappa shape index (κ2) is 13.0. The maximum Gasteiger partial charge on any atom is 0.414 e. The molecule has 0 radical (unpaired) electrons. The van der Waals surface area contributed by atoms with E-state index in [4.69, 9.17) is 42.1 Å². The van der Waals surface area contributed by atoms with Crippen LogP contribution < -0.4 is 29.3 Å². The number of rotatable bonds is 10. The van der Waals surface area contributed by atoms with Crippen LogP contribution >= 0.6 is 23.2 Å². The molecule has 0 aromatic heterocycles. The van der Waals surface area contributed by atoms with Crippen LogP contribution in [-0.4, -0.2) is 99.8 Å². The van der Waals surface area contributed by atoms with Gasteiger partial charge in [-0.15, -0.1) is 23.2 Å². The Kier molecular flexibility index (Phi) is 9.67. The lowest BCUT2D eigenvalue weighted by Gasteiger charge is -2.36. The normalized spacial score (nSPS) is 18.1. The number of cyclic esters (lactones) is 1. The fraction of sp³-hybridized carbons (Fsp3) is 0.462. The summed E-state index contributed by atoms with van der Waals surface area (Å²) < 4.78 is 36.5. The maximum atomic E-state index is 15.2. The van der Waals surface area contributed by atoms with Gasteiger partial charge >= 0.3 is 6.09 Å². The summed E-state index contributed by atoms with van der Waals surface area (Å²) in [5.41, 5.74) is 1.11. The molecule has 1 unspecified atom stereocenters. The SMILES string of the molecule is COc1cc(C(=O)N2CCN(c3ccc(N4C[C@H](CNC(O)C(Cl)Cl)OC4=O)cc3F)CC2)cc(OC)c1OC. The van der Waals surface area contributed by atoms with Crippen molar-refractivity contribution in [1.29, 1.82) is 0 Å². The van der Waals surface area contributed by atoms with E-state index in [-0.39, 0.29) is 19.0 Å². The number of amides is 2. The Morgan fingerprint density at radius 1 is 1.10 bits per heavy atom. The number of methoxy groups -OCH3 is 3. The summed E-state index contributed by atoms with van der Waals surface area (Å²) in [6.45, 7) is 1.86. The molecule has 2 amide bonds. The van der Waals surface area contributed by atoms with Gasteiger partial charge in [0.05, 0.1) is 39.2 Å². The van der Waals surface area contributed by atoms with Crippen molar-refractivity contribution in [1.82, 2.24) is 10.2 Å². The van der Waals surface area contributed by atoms with Crippen LogP contribution in [0.25, 0.3) is 0 Å². The highest BCUT2D eigenvalue weighted by atomic mass is 35.5. The molecule has 40 heavy (non-hydrogen) atoms. The molecule has 2 fully saturated rings. The molecule has 11 nitrogen and oxygen atoms in total. The molecule has 4 rings (SSSR count). The van der Waals surface area contributed by atoms with E-state index in [9.17, 15) is 14.7 Å². The van der Waals surface area contributed by atoms with Crippen LogP contribution in [0.4, 0.5) is 20.6 Å². The zero-order chi connectivity index (χ0) is 29.0. The first-order valence-corrected chi connectivity index (χ1v) is 13.4. The van der Waals surface area contributed by atoms with Crippen LogP contribution in [0.15, 0.2) is 30.3 Å². The Hall–Kier alpha value is -3.19. The zero-order valence-corrected chi connectivity index (χ0v) is 23.7. The van der Waals surface area contributed by atoms with Gasteiger partial charge in [0, 0.05) is 38.3 Å². The van der Waals surface area contributed by atoms with Crippen molar-refractivity contribution in [3.8, 4) is 17.2 Å². The lowest BCUT2D eigenvalue weighted by atomic mass is 10.1. The Morgan fingerprint density at radius 2 is 1.75 bits per heavy atom. The zero-order valence-electron chi connectivity index (χ0n) is 22.2. The highest BCUT2D eigenvalue weighted by Gasteiger charge is 2.34. The number of hydrogen-bond donors (Lipinski definition) is 2. The number of benzene rings is 2. The average molecular weight is 601 g/mol. The molecular weight excluding hydrogens is 570 g/mol. The van der Waals surface area contributed by atoms with Gasteiger partial charge in [-0.2, -0.15) is 0 Å². The lowest BCUT2D eigenvalue weighted by molar-refractivity contribution is 0.0745. The van der Waals surface area contributed by atoms with Gasteiger partial charge in [0.25, 0.3) is 5.91 Å². The molecular formula is C26H31Cl2FN4O7. The number of aliphatic hydroxyl groups is 1. The summed E-state index contributed by atoms with van der Waals surface area (Å²) in [6.07, 6.45) is -2.38. The third kappa shape index (κ3) is 6.41. The summed E-state index contributed by atoms with van der Waals surface area (Å²) in [5, 5.41) is 12.4. The molecule has 2 aliphatic rings. The quantitative estimate of drug-likeness (QED) is 0.314. The predicted molar refractivity (Wildman–Crippen MR) is 148 cm³/mol. The minimum absolute atomic E-state index is 0.124. The number of carbonyl (C=O) groups is 2. The van der Waals surface area contributed by atoms with Gasteiger partial charge in [-0.3, -0.25) is 15.0 Å². The van der Waals surface area contributed by atoms with Gasteiger partial charge in [0.15, 0.2) is 11.5 Å². The molecule has 0 aliphatic carbocycles. The Balaban J connectivity index is 1.38. The predicted octanol–water partition coefficient (Wildman–Crippen LogP) is 2.85. The Labute approximate surface area is 241 Å². The fourth-order valence-corrected chi connectivity index (χ4v) is 4.82. The maximum absolute atomic E-state index is 15.2. The van der Waals surface area contributed by atoms with Crippen LogP contribution in [0, 0.1) is 5.82 Å². The van der Waals surface area contributed by atoms with Gasteiger partial charge in [0.2, 0.25) is 5.75 Å².